The van der Waals surface area contributed by atoms with Crippen molar-refractivity contribution < 1.29 is 9.53 Å². The Labute approximate surface area is 203 Å². The van der Waals surface area contributed by atoms with Crippen molar-refractivity contribution in [3.63, 3.8) is 0 Å². The lowest BCUT2D eigenvalue weighted by Crippen LogP contribution is -2.25. The largest absolute Gasteiger partial charge is 0.465 e. The molecule has 4 rings (SSSR count). The van der Waals surface area contributed by atoms with Crippen LogP contribution in [0.25, 0.3) is 11.3 Å². The fourth-order valence-corrected chi connectivity index (χ4v) is 3.89. The minimum atomic E-state index is -0.412. The monoisotopic (exact) mass is 473 g/mol. The van der Waals surface area contributed by atoms with Crippen LogP contribution in [0.3, 0.4) is 0 Å². The number of carbonyl (C=O) groups is 1. The topological polar surface area (TPSA) is 107 Å². The fraction of sp³-hybridized carbons (Fsp3) is 0.115. The molecular weight excluding hydrogens is 450 g/mol. The van der Waals surface area contributed by atoms with Crippen LogP contribution in [0.1, 0.15) is 28.9 Å². The van der Waals surface area contributed by atoms with Crippen molar-refractivity contribution in [1.29, 1.82) is 0 Å². The zero-order valence-corrected chi connectivity index (χ0v) is 19.5. The van der Waals surface area contributed by atoms with Crippen LogP contribution in [0.5, 0.6) is 0 Å². The minimum absolute atomic E-state index is 0.270. The number of methoxy groups -OCH3 is 1. The van der Waals surface area contributed by atoms with Crippen molar-refractivity contribution in [2.24, 2.45) is 0 Å². The van der Waals surface area contributed by atoms with E-state index in [1.54, 1.807) is 18.3 Å². The number of esters is 1. The van der Waals surface area contributed by atoms with Gasteiger partial charge in [0.2, 0.25) is 0 Å². The van der Waals surface area contributed by atoms with Crippen molar-refractivity contribution in [1.82, 2.24) is 9.97 Å². The Bertz CT molecular complexity index is 1310. The lowest BCUT2D eigenvalue weighted by Gasteiger charge is -2.32. The van der Waals surface area contributed by atoms with Gasteiger partial charge in [0, 0.05) is 28.0 Å². The quantitative estimate of drug-likeness (QED) is 0.348. The molecule has 1 atom stereocenters. The first kappa shape index (κ1) is 23.1. The van der Waals surface area contributed by atoms with E-state index in [9.17, 15) is 4.79 Å². The predicted molar refractivity (Wildman–Crippen MR) is 136 cm³/mol. The van der Waals surface area contributed by atoms with Gasteiger partial charge in [0.15, 0.2) is 5.82 Å². The number of nitrogens with two attached hydrogens (primary N) is 2. The molecule has 0 aliphatic carbocycles. The van der Waals surface area contributed by atoms with Gasteiger partial charge in [-0.15, -0.1) is 0 Å². The van der Waals surface area contributed by atoms with Crippen molar-refractivity contribution >= 4 is 40.6 Å². The summed E-state index contributed by atoms with van der Waals surface area (Å²) in [6, 6.07) is 21.7. The molecule has 7 nitrogen and oxygen atoms in total. The summed E-state index contributed by atoms with van der Waals surface area (Å²) in [4.78, 5) is 23.1. The highest BCUT2D eigenvalue weighted by Crippen LogP contribution is 2.39. The molecule has 2 aromatic carbocycles. The van der Waals surface area contributed by atoms with Gasteiger partial charge >= 0.3 is 5.97 Å². The third kappa shape index (κ3) is 4.65. The van der Waals surface area contributed by atoms with E-state index in [1.165, 1.54) is 7.11 Å². The number of benzene rings is 2. The Balaban J connectivity index is 1.86. The van der Waals surface area contributed by atoms with Crippen molar-refractivity contribution in [2.45, 2.75) is 13.0 Å². The van der Waals surface area contributed by atoms with Gasteiger partial charge < -0.3 is 21.1 Å². The number of halogens is 1. The molecule has 1 unspecified atom stereocenters. The highest BCUT2D eigenvalue weighted by molar-refractivity contribution is 6.30. The molecule has 2 heterocycles. The van der Waals surface area contributed by atoms with Gasteiger partial charge in [-0.05, 0) is 61.5 Å². The maximum Gasteiger partial charge on any atom is 0.337 e. The molecule has 0 saturated carbocycles. The number of nitrogens with zero attached hydrogens (tertiary/aromatic N) is 3. The van der Waals surface area contributed by atoms with E-state index in [1.807, 2.05) is 72.5 Å². The van der Waals surface area contributed by atoms with E-state index in [4.69, 9.17) is 32.8 Å². The van der Waals surface area contributed by atoms with Crippen LogP contribution in [0.15, 0.2) is 79.0 Å². The third-order valence-electron chi connectivity index (χ3n) is 5.55. The Hall–Kier alpha value is -4.10. The highest BCUT2D eigenvalue weighted by Gasteiger charge is 2.24. The molecule has 0 aliphatic rings. The molecule has 0 aliphatic heterocycles. The number of rotatable bonds is 6. The normalized spacial score (nSPS) is 11.6. The summed E-state index contributed by atoms with van der Waals surface area (Å²) in [6.07, 6.45) is 1.65. The summed E-state index contributed by atoms with van der Waals surface area (Å²) in [5, 5.41) is 0.646. The lowest BCUT2D eigenvalue weighted by atomic mass is 10.1. The Morgan fingerprint density at radius 2 is 1.71 bits per heavy atom. The first-order valence-electron chi connectivity index (χ1n) is 10.6. The van der Waals surface area contributed by atoms with Crippen molar-refractivity contribution in [2.75, 3.05) is 23.5 Å². The molecule has 4 aromatic rings. The Kier molecular flexibility index (Phi) is 6.65. The summed E-state index contributed by atoms with van der Waals surface area (Å²) < 4.78 is 4.83. The van der Waals surface area contributed by atoms with Crippen LogP contribution in [0, 0.1) is 0 Å². The van der Waals surface area contributed by atoms with Crippen molar-refractivity contribution in [3.05, 3.63) is 95.1 Å². The lowest BCUT2D eigenvalue weighted by molar-refractivity contribution is 0.0601. The van der Waals surface area contributed by atoms with E-state index < -0.39 is 5.97 Å². The predicted octanol–water partition coefficient (Wildman–Crippen LogP) is 5.65. The second-order valence-electron chi connectivity index (χ2n) is 7.68. The van der Waals surface area contributed by atoms with Gasteiger partial charge in [-0.1, -0.05) is 29.8 Å². The second kappa shape index (κ2) is 9.80. The van der Waals surface area contributed by atoms with Gasteiger partial charge in [0.1, 0.15) is 5.82 Å². The number of anilines is 4. The molecule has 0 amide bonds. The van der Waals surface area contributed by atoms with Crippen LogP contribution in [0.2, 0.25) is 5.02 Å². The van der Waals surface area contributed by atoms with E-state index in [0.717, 1.165) is 22.5 Å². The number of nitrogen functional groups attached to an aromatic ring is 2. The van der Waals surface area contributed by atoms with Crippen LogP contribution >= 0.6 is 11.6 Å². The average Bonchev–Trinajstić information content (AvgIpc) is 2.86. The van der Waals surface area contributed by atoms with Crippen LogP contribution in [-0.2, 0) is 4.74 Å². The van der Waals surface area contributed by atoms with Crippen molar-refractivity contribution in [3.8, 4) is 11.3 Å². The molecule has 172 valence electrons. The zero-order chi connectivity index (χ0) is 24.2. The van der Waals surface area contributed by atoms with Crippen LogP contribution < -0.4 is 16.4 Å². The maximum absolute atomic E-state index is 11.9. The first-order chi connectivity index (χ1) is 16.4. The van der Waals surface area contributed by atoms with E-state index in [-0.39, 0.29) is 6.04 Å². The molecule has 0 bridgehead atoms. The average molecular weight is 474 g/mol. The highest BCUT2D eigenvalue weighted by atomic mass is 35.5. The van der Waals surface area contributed by atoms with Gasteiger partial charge in [-0.3, -0.25) is 0 Å². The van der Waals surface area contributed by atoms with Crippen LogP contribution in [-0.4, -0.2) is 23.0 Å². The minimum Gasteiger partial charge on any atom is -0.465 e. The molecule has 0 radical (unpaired) electrons. The molecule has 0 spiro atoms. The molecular formula is C26H24ClN5O2. The standard InChI is InChI=1S/C26H24ClN5O2/c1-16(21-4-3-15-30-24(21)29)32(20-11-7-18(8-12-20)26(33)34-2)25-22(28)13-14-23(31-25)17-5-9-19(27)10-6-17/h3-16H,28H2,1-2H3,(H2,29,30). The second-order valence-corrected chi connectivity index (χ2v) is 8.11. The third-order valence-corrected chi connectivity index (χ3v) is 5.80. The van der Waals surface area contributed by atoms with Gasteiger partial charge in [0.25, 0.3) is 0 Å². The van der Waals surface area contributed by atoms with E-state index in [0.29, 0.717) is 27.9 Å². The number of aromatic nitrogens is 2. The molecule has 2 aromatic heterocycles. The number of carbonyl (C=O) groups excluding carboxylic acids is 1. The molecule has 8 heteroatoms. The van der Waals surface area contributed by atoms with E-state index in [2.05, 4.69) is 4.98 Å². The van der Waals surface area contributed by atoms with Gasteiger partial charge in [0.05, 0.1) is 30.1 Å². The smallest absolute Gasteiger partial charge is 0.337 e. The summed E-state index contributed by atoms with van der Waals surface area (Å²) in [5.41, 5.74) is 16.8. The van der Waals surface area contributed by atoms with E-state index >= 15 is 0 Å². The number of pyridine rings is 2. The summed E-state index contributed by atoms with van der Waals surface area (Å²) in [7, 11) is 1.35. The number of ether oxygens (including phenoxy) is 1. The number of hydrogen-bond acceptors (Lipinski definition) is 7. The van der Waals surface area contributed by atoms with Crippen LogP contribution in [0.4, 0.5) is 23.0 Å². The zero-order valence-electron chi connectivity index (χ0n) is 18.8. The Morgan fingerprint density at radius 1 is 1.00 bits per heavy atom. The summed E-state index contributed by atoms with van der Waals surface area (Å²) in [6.45, 7) is 2.00. The molecule has 0 fully saturated rings. The Morgan fingerprint density at radius 3 is 2.35 bits per heavy atom. The first-order valence-corrected chi connectivity index (χ1v) is 11.0. The SMILES string of the molecule is COC(=O)c1ccc(N(c2nc(-c3ccc(Cl)cc3)ccc2N)C(C)c2cccnc2N)cc1. The fourth-order valence-electron chi connectivity index (χ4n) is 3.76. The maximum atomic E-state index is 11.9. The van der Waals surface area contributed by atoms with Gasteiger partial charge in [-0.2, -0.15) is 0 Å². The summed E-state index contributed by atoms with van der Waals surface area (Å²) >= 11 is 6.06. The summed E-state index contributed by atoms with van der Waals surface area (Å²) in [5.74, 6) is 0.553. The molecule has 34 heavy (non-hydrogen) atoms. The van der Waals surface area contributed by atoms with Gasteiger partial charge in [-0.25, -0.2) is 14.8 Å². The molecule has 0 saturated heterocycles. The molecule has 4 N–H and O–H groups in total. The number of hydrogen-bond donors (Lipinski definition) is 2.